The number of hydrogen-bond donors (Lipinski definition) is 0. The molecule has 5 heteroatoms. The first-order chi connectivity index (χ1) is 13.1. The monoisotopic (exact) mass is 395 g/mol. The van der Waals surface area contributed by atoms with Gasteiger partial charge in [0.1, 0.15) is 11.9 Å². The van der Waals surface area contributed by atoms with Crippen LogP contribution in [0.3, 0.4) is 0 Å². The number of carbonyl (C=O) groups excluding carboxylic acids is 1. The van der Waals surface area contributed by atoms with E-state index in [1.54, 1.807) is 6.92 Å². The van der Waals surface area contributed by atoms with Crippen molar-refractivity contribution in [2.24, 2.45) is 5.41 Å². The zero-order chi connectivity index (χ0) is 21.2. The highest BCUT2D eigenvalue weighted by Gasteiger charge is 2.36. The molecule has 1 aromatic heterocycles. The molecule has 162 valence electrons. The summed E-state index contributed by atoms with van der Waals surface area (Å²) in [5.74, 6) is -0.0619. The zero-order valence-corrected chi connectivity index (χ0v) is 19.1. The Morgan fingerprint density at radius 3 is 2.21 bits per heavy atom. The standard InChI is InChI=1S/C23H41NO4/c1-8-10-11-12-13-14-15-16-19(22(3,4)5)28-23(6,7)21-24-18(17-27-21)20(25)26-9-2/h17,19H,8-16H2,1-7H3. The lowest BCUT2D eigenvalue weighted by Gasteiger charge is -2.36. The van der Waals surface area contributed by atoms with E-state index in [9.17, 15) is 4.79 Å². The molecule has 0 aromatic carbocycles. The Labute approximate surface area is 171 Å². The molecule has 28 heavy (non-hydrogen) atoms. The minimum atomic E-state index is -0.718. The number of carbonyl (C=O) groups is 1. The summed E-state index contributed by atoms with van der Waals surface area (Å²) in [7, 11) is 0. The number of ether oxygens (including phenoxy) is 2. The smallest absolute Gasteiger partial charge is 0.360 e. The molecule has 5 nitrogen and oxygen atoms in total. The van der Waals surface area contributed by atoms with Gasteiger partial charge in [0.25, 0.3) is 0 Å². The van der Waals surface area contributed by atoms with Crippen LogP contribution in [0.1, 0.15) is 116 Å². The summed E-state index contributed by atoms with van der Waals surface area (Å²) < 4.78 is 17.0. The van der Waals surface area contributed by atoms with Crippen molar-refractivity contribution in [3.63, 3.8) is 0 Å². The lowest BCUT2D eigenvalue weighted by atomic mass is 9.85. The van der Waals surface area contributed by atoms with E-state index in [2.05, 4.69) is 32.7 Å². The molecular formula is C23H41NO4. The Kier molecular flexibility index (Phi) is 10.2. The van der Waals surface area contributed by atoms with Crippen molar-refractivity contribution in [1.29, 1.82) is 0 Å². The predicted octanol–water partition coefficient (Wildman–Crippen LogP) is 6.66. The van der Waals surface area contributed by atoms with Crippen molar-refractivity contribution in [2.45, 2.75) is 112 Å². The van der Waals surface area contributed by atoms with Gasteiger partial charge >= 0.3 is 5.97 Å². The Bertz CT molecular complexity index is 571. The predicted molar refractivity (Wildman–Crippen MR) is 112 cm³/mol. The molecule has 0 aliphatic carbocycles. The van der Waals surface area contributed by atoms with Crippen molar-refractivity contribution >= 4 is 5.97 Å². The summed E-state index contributed by atoms with van der Waals surface area (Å²) in [6.45, 7) is 14.8. The third-order valence-corrected chi connectivity index (χ3v) is 4.98. The van der Waals surface area contributed by atoms with E-state index in [0.717, 1.165) is 12.8 Å². The summed E-state index contributed by atoms with van der Waals surface area (Å²) in [6, 6.07) is 0. The number of oxazole rings is 1. The van der Waals surface area contributed by atoms with Gasteiger partial charge in [0.05, 0.1) is 12.7 Å². The number of rotatable bonds is 13. The van der Waals surface area contributed by atoms with E-state index < -0.39 is 11.6 Å². The second-order valence-electron chi connectivity index (χ2n) is 9.15. The first-order valence-electron chi connectivity index (χ1n) is 10.9. The Balaban J connectivity index is 2.65. The molecule has 0 radical (unpaired) electrons. The van der Waals surface area contributed by atoms with Gasteiger partial charge in [-0.1, -0.05) is 72.6 Å². The molecule has 1 atom stereocenters. The van der Waals surface area contributed by atoms with Crippen LogP contribution in [0.4, 0.5) is 0 Å². The molecule has 0 saturated heterocycles. The lowest BCUT2D eigenvalue weighted by Crippen LogP contribution is -2.37. The van der Waals surface area contributed by atoms with E-state index in [-0.39, 0.29) is 17.2 Å². The van der Waals surface area contributed by atoms with Gasteiger partial charge in [-0.3, -0.25) is 0 Å². The van der Waals surface area contributed by atoms with Crippen molar-refractivity contribution in [3.8, 4) is 0 Å². The normalized spacial score (nSPS) is 13.5. The molecule has 0 fully saturated rings. The quantitative estimate of drug-likeness (QED) is 0.276. The first-order valence-corrected chi connectivity index (χ1v) is 10.9. The molecule has 0 amide bonds. The maximum Gasteiger partial charge on any atom is 0.360 e. The Morgan fingerprint density at radius 2 is 1.64 bits per heavy atom. The first kappa shape index (κ1) is 24.7. The molecular weight excluding hydrogens is 354 g/mol. The largest absolute Gasteiger partial charge is 0.461 e. The zero-order valence-electron chi connectivity index (χ0n) is 19.1. The van der Waals surface area contributed by atoms with Crippen LogP contribution in [-0.2, 0) is 15.1 Å². The van der Waals surface area contributed by atoms with Crippen LogP contribution in [0.15, 0.2) is 10.7 Å². The Morgan fingerprint density at radius 1 is 1.04 bits per heavy atom. The van der Waals surface area contributed by atoms with E-state index in [1.807, 2.05) is 13.8 Å². The molecule has 0 aliphatic heterocycles. The van der Waals surface area contributed by atoms with Crippen LogP contribution in [0.25, 0.3) is 0 Å². The van der Waals surface area contributed by atoms with Crippen LogP contribution in [-0.4, -0.2) is 23.7 Å². The van der Waals surface area contributed by atoms with Gasteiger partial charge in [-0.2, -0.15) is 0 Å². The van der Waals surface area contributed by atoms with Crippen molar-refractivity contribution < 1.29 is 18.7 Å². The third-order valence-electron chi connectivity index (χ3n) is 4.98. The van der Waals surface area contributed by atoms with Crippen LogP contribution in [0.5, 0.6) is 0 Å². The number of esters is 1. The fourth-order valence-corrected chi connectivity index (χ4v) is 3.21. The molecule has 0 N–H and O–H groups in total. The molecule has 0 spiro atoms. The Hall–Kier alpha value is -1.36. The van der Waals surface area contributed by atoms with E-state index in [4.69, 9.17) is 13.9 Å². The molecule has 1 unspecified atom stereocenters. The number of nitrogens with zero attached hydrogens (tertiary/aromatic N) is 1. The third kappa shape index (κ3) is 8.34. The van der Waals surface area contributed by atoms with E-state index in [1.165, 1.54) is 44.8 Å². The molecule has 0 bridgehead atoms. The van der Waals surface area contributed by atoms with E-state index >= 15 is 0 Å². The van der Waals surface area contributed by atoms with Crippen LogP contribution in [0.2, 0.25) is 0 Å². The fourth-order valence-electron chi connectivity index (χ4n) is 3.21. The van der Waals surface area contributed by atoms with Crippen molar-refractivity contribution in [2.75, 3.05) is 6.61 Å². The minimum Gasteiger partial charge on any atom is -0.461 e. The summed E-state index contributed by atoms with van der Waals surface area (Å²) in [4.78, 5) is 16.2. The molecule has 1 heterocycles. The van der Waals surface area contributed by atoms with Gasteiger partial charge in [-0.05, 0) is 32.6 Å². The number of hydrogen-bond acceptors (Lipinski definition) is 5. The molecule has 0 aliphatic rings. The fraction of sp³-hybridized carbons (Fsp3) is 0.826. The van der Waals surface area contributed by atoms with Crippen LogP contribution >= 0.6 is 0 Å². The average molecular weight is 396 g/mol. The van der Waals surface area contributed by atoms with Crippen molar-refractivity contribution in [3.05, 3.63) is 17.8 Å². The second-order valence-corrected chi connectivity index (χ2v) is 9.15. The number of aromatic nitrogens is 1. The molecule has 1 aromatic rings. The highest BCUT2D eigenvalue weighted by Crippen LogP contribution is 2.34. The van der Waals surface area contributed by atoms with Crippen molar-refractivity contribution in [1.82, 2.24) is 4.98 Å². The summed E-state index contributed by atoms with van der Waals surface area (Å²) in [5.41, 5.74) is -0.521. The SMILES string of the molecule is CCCCCCCCCC(OC(C)(C)c1nc(C(=O)OCC)co1)C(C)(C)C. The molecule has 0 saturated carbocycles. The minimum absolute atomic E-state index is 0.00996. The maximum absolute atomic E-state index is 11.8. The van der Waals surface area contributed by atoms with Gasteiger partial charge < -0.3 is 13.9 Å². The van der Waals surface area contributed by atoms with Gasteiger partial charge in [-0.25, -0.2) is 9.78 Å². The van der Waals surface area contributed by atoms with Gasteiger partial charge in [0, 0.05) is 0 Å². The summed E-state index contributed by atoms with van der Waals surface area (Å²) in [5, 5.41) is 0. The highest BCUT2D eigenvalue weighted by molar-refractivity contribution is 5.86. The van der Waals surface area contributed by atoms with Crippen LogP contribution in [0, 0.1) is 5.41 Å². The topological polar surface area (TPSA) is 61.6 Å². The lowest BCUT2D eigenvalue weighted by molar-refractivity contribution is -0.133. The van der Waals surface area contributed by atoms with Gasteiger partial charge in [0.15, 0.2) is 5.69 Å². The summed E-state index contributed by atoms with van der Waals surface area (Å²) in [6.07, 6.45) is 11.4. The number of unbranched alkanes of at least 4 members (excludes halogenated alkanes) is 6. The van der Waals surface area contributed by atoms with Crippen LogP contribution < -0.4 is 0 Å². The highest BCUT2D eigenvalue weighted by atomic mass is 16.5. The second kappa shape index (κ2) is 11.6. The van der Waals surface area contributed by atoms with Gasteiger partial charge in [-0.15, -0.1) is 0 Å². The maximum atomic E-state index is 11.8. The molecule has 1 rings (SSSR count). The van der Waals surface area contributed by atoms with E-state index in [0.29, 0.717) is 12.5 Å². The average Bonchev–Trinajstić information content (AvgIpc) is 3.10. The summed E-state index contributed by atoms with van der Waals surface area (Å²) >= 11 is 0. The van der Waals surface area contributed by atoms with Gasteiger partial charge in [0.2, 0.25) is 5.89 Å².